The molecule has 1 saturated heterocycles. The van der Waals surface area contributed by atoms with Gasteiger partial charge in [-0.3, -0.25) is 9.69 Å². The van der Waals surface area contributed by atoms with Gasteiger partial charge >= 0.3 is 5.97 Å². The van der Waals surface area contributed by atoms with Crippen LogP contribution < -0.4 is 4.90 Å². The molecular weight excluding hydrogens is 326 g/mol. The van der Waals surface area contributed by atoms with Gasteiger partial charge in [-0.25, -0.2) is 9.97 Å². The van der Waals surface area contributed by atoms with E-state index in [1.807, 2.05) is 29.2 Å². The van der Waals surface area contributed by atoms with Crippen LogP contribution in [0.1, 0.15) is 5.69 Å². The van der Waals surface area contributed by atoms with E-state index in [4.69, 9.17) is 0 Å². The van der Waals surface area contributed by atoms with Crippen LogP contribution in [0.2, 0.25) is 0 Å². The number of aromatic nitrogens is 3. The van der Waals surface area contributed by atoms with Gasteiger partial charge in [0.25, 0.3) is 0 Å². The second-order valence-electron chi connectivity index (χ2n) is 5.81. The summed E-state index contributed by atoms with van der Waals surface area (Å²) < 4.78 is 1.12. The molecule has 0 saturated carbocycles. The van der Waals surface area contributed by atoms with Gasteiger partial charge in [0.05, 0.1) is 16.5 Å². The molecule has 0 amide bonds. The van der Waals surface area contributed by atoms with Crippen LogP contribution in [0.3, 0.4) is 0 Å². The van der Waals surface area contributed by atoms with E-state index in [9.17, 15) is 9.90 Å². The highest BCUT2D eigenvalue weighted by Gasteiger charge is 2.33. The molecule has 0 unspecified atom stereocenters. The third-order valence-corrected chi connectivity index (χ3v) is 5.35. The standard InChI is InChI=1S/C16H17N5O2S/c22-15(23)13-9-21(6-5-20(13)8-11-7-17-10-18-11)16-19-12-3-1-2-4-14(12)24-16/h1-4,7,10,13H,5-6,8-9H2,(H,17,18)(H,22,23)/t13-/m0/s1. The fourth-order valence-corrected chi connectivity index (χ4v) is 4.00. The summed E-state index contributed by atoms with van der Waals surface area (Å²) in [7, 11) is 0. The quantitative estimate of drug-likeness (QED) is 0.751. The number of H-pyrrole nitrogens is 1. The molecule has 3 heterocycles. The number of thiazole rings is 1. The lowest BCUT2D eigenvalue weighted by molar-refractivity contribution is -0.143. The van der Waals surface area contributed by atoms with Crippen molar-refractivity contribution in [1.29, 1.82) is 0 Å². The lowest BCUT2D eigenvalue weighted by Crippen LogP contribution is -2.56. The summed E-state index contributed by atoms with van der Waals surface area (Å²) in [6.07, 6.45) is 3.35. The molecule has 8 heteroatoms. The first-order valence-corrected chi connectivity index (χ1v) is 8.57. The predicted octanol–water partition coefficient (Wildman–Crippen LogP) is 1.79. The van der Waals surface area contributed by atoms with Crippen LogP contribution in [0.4, 0.5) is 5.13 Å². The van der Waals surface area contributed by atoms with Gasteiger partial charge in [0.1, 0.15) is 6.04 Å². The number of piperazine rings is 1. The van der Waals surface area contributed by atoms with Crippen molar-refractivity contribution in [3.8, 4) is 0 Å². The van der Waals surface area contributed by atoms with Gasteiger partial charge in [-0.05, 0) is 12.1 Å². The Kier molecular flexibility index (Phi) is 3.91. The maximum atomic E-state index is 11.7. The summed E-state index contributed by atoms with van der Waals surface area (Å²) >= 11 is 1.61. The molecule has 7 nitrogen and oxygen atoms in total. The number of carboxylic acid groups (broad SMARTS) is 1. The minimum Gasteiger partial charge on any atom is -0.480 e. The molecule has 0 spiro atoms. The minimum atomic E-state index is -0.805. The van der Waals surface area contributed by atoms with E-state index in [1.165, 1.54) is 0 Å². The van der Waals surface area contributed by atoms with E-state index < -0.39 is 12.0 Å². The second kappa shape index (κ2) is 6.21. The molecule has 1 atom stereocenters. The van der Waals surface area contributed by atoms with E-state index in [2.05, 4.69) is 19.9 Å². The third kappa shape index (κ3) is 2.85. The number of carbonyl (C=O) groups is 1. The Bertz CT molecular complexity index is 814. The van der Waals surface area contributed by atoms with Gasteiger partial charge in [-0.15, -0.1) is 0 Å². The maximum absolute atomic E-state index is 11.7. The summed E-state index contributed by atoms with van der Waals surface area (Å²) in [6, 6.07) is 7.42. The topological polar surface area (TPSA) is 85.3 Å². The number of aromatic amines is 1. The smallest absolute Gasteiger partial charge is 0.322 e. The highest BCUT2D eigenvalue weighted by atomic mass is 32.1. The van der Waals surface area contributed by atoms with Gasteiger partial charge in [0, 0.05) is 38.1 Å². The van der Waals surface area contributed by atoms with Gasteiger partial charge in [-0.1, -0.05) is 23.5 Å². The Hall–Kier alpha value is -2.45. The Balaban J connectivity index is 1.54. The zero-order valence-electron chi connectivity index (χ0n) is 12.9. The van der Waals surface area contributed by atoms with Crippen LogP contribution in [0.5, 0.6) is 0 Å². The van der Waals surface area contributed by atoms with Crippen LogP contribution in [-0.2, 0) is 11.3 Å². The van der Waals surface area contributed by atoms with Crippen molar-refractivity contribution in [3.63, 3.8) is 0 Å². The molecule has 3 aromatic rings. The molecule has 0 bridgehead atoms. The molecule has 1 aromatic carbocycles. The minimum absolute atomic E-state index is 0.434. The summed E-state index contributed by atoms with van der Waals surface area (Å²) in [5.41, 5.74) is 1.89. The second-order valence-corrected chi connectivity index (χ2v) is 6.82. The van der Waals surface area contributed by atoms with Crippen LogP contribution in [0, 0.1) is 0 Å². The number of imidazole rings is 1. The zero-order chi connectivity index (χ0) is 16.5. The molecule has 24 heavy (non-hydrogen) atoms. The third-order valence-electron chi connectivity index (χ3n) is 4.26. The molecule has 1 aliphatic rings. The number of benzene rings is 1. The number of para-hydroxylation sites is 1. The lowest BCUT2D eigenvalue weighted by atomic mass is 10.1. The van der Waals surface area contributed by atoms with E-state index >= 15 is 0 Å². The summed E-state index contributed by atoms with van der Waals surface area (Å²) in [5.74, 6) is -0.805. The van der Waals surface area contributed by atoms with E-state index in [-0.39, 0.29) is 0 Å². The van der Waals surface area contributed by atoms with Crippen molar-refractivity contribution in [3.05, 3.63) is 42.5 Å². The lowest BCUT2D eigenvalue weighted by Gasteiger charge is -2.38. The Morgan fingerprint density at radius 3 is 3.00 bits per heavy atom. The highest BCUT2D eigenvalue weighted by molar-refractivity contribution is 7.22. The Morgan fingerprint density at radius 1 is 1.38 bits per heavy atom. The van der Waals surface area contributed by atoms with Crippen molar-refractivity contribution in [1.82, 2.24) is 19.9 Å². The van der Waals surface area contributed by atoms with Crippen molar-refractivity contribution >= 4 is 32.7 Å². The van der Waals surface area contributed by atoms with Crippen molar-refractivity contribution in [2.75, 3.05) is 24.5 Å². The number of carboxylic acids is 1. The highest BCUT2D eigenvalue weighted by Crippen LogP contribution is 2.30. The number of hydrogen-bond acceptors (Lipinski definition) is 6. The van der Waals surface area contributed by atoms with Crippen LogP contribution in [0.15, 0.2) is 36.8 Å². The number of anilines is 1. The fraction of sp³-hybridized carbons (Fsp3) is 0.312. The SMILES string of the molecule is O=C(O)[C@@H]1CN(c2nc3ccccc3s2)CCN1Cc1cnc[nH]1. The number of aliphatic carboxylic acids is 1. The Labute approximate surface area is 142 Å². The molecule has 0 aliphatic carbocycles. The number of nitrogens with zero attached hydrogens (tertiary/aromatic N) is 4. The average Bonchev–Trinajstić information content (AvgIpc) is 3.24. The van der Waals surface area contributed by atoms with E-state index in [1.54, 1.807) is 23.9 Å². The van der Waals surface area contributed by atoms with Crippen molar-refractivity contribution in [2.24, 2.45) is 0 Å². The number of nitrogens with one attached hydrogen (secondary N) is 1. The normalized spacial score (nSPS) is 19.0. The molecular formula is C16H17N5O2S. The number of hydrogen-bond donors (Lipinski definition) is 2. The van der Waals surface area contributed by atoms with Gasteiger partial charge in [0.15, 0.2) is 5.13 Å². The fourth-order valence-electron chi connectivity index (χ4n) is 3.00. The molecule has 1 fully saturated rings. The first-order valence-electron chi connectivity index (χ1n) is 7.75. The molecule has 0 radical (unpaired) electrons. The van der Waals surface area contributed by atoms with Crippen molar-refractivity contribution in [2.45, 2.75) is 12.6 Å². The summed E-state index contributed by atoms with van der Waals surface area (Å²) in [5, 5.41) is 10.5. The zero-order valence-corrected chi connectivity index (χ0v) is 13.7. The summed E-state index contributed by atoms with van der Waals surface area (Å²) in [4.78, 5) is 27.5. The van der Waals surface area contributed by atoms with Gasteiger partial charge in [-0.2, -0.15) is 0 Å². The first kappa shape index (κ1) is 15.1. The molecule has 4 rings (SSSR count). The molecule has 1 aliphatic heterocycles. The van der Waals surface area contributed by atoms with Crippen LogP contribution in [0.25, 0.3) is 10.2 Å². The largest absolute Gasteiger partial charge is 0.480 e. The monoisotopic (exact) mass is 343 g/mol. The van der Waals surface area contributed by atoms with E-state index in [0.29, 0.717) is 19.6 Å². The molecule has 124 valence electrons. The number of rotatable bonds is 4. The first-order chi connectivity index (χ1) is 11.7. The molecule has 2 N–H and O–H groups in total. The van der Waals surface area contributed by atoms with Crippen LogP contribution in [-0.4, -0.2) is 56.6 Å². The molecule has 2 aromatic heterocycles. The van der Waals surface area contributed by atoms with E-state index in [0.717, 1.165) is 27.6 Å². The van der Waals surface area contributed by atoms with Crippen LogP contribution >= 0.6 is 11.3 Å². The Morgan fingerprint density at radius 2 is 2.25 bits per heavy atom. The average molecular weight is 343 g/mol. The predicted molar refractivity (Wildman–Crippen MR) is 92.3 cm³/mol. The van der Waals surface area contributed by atoms with Gasteiger partial charge < -0.3 is 15.0 Å². The van der Waals surface area contributed by atoms with Crippen molar-refractivity contribution < 1.29 is 9.90 Å². The number of fused-ring (bicyclic) bond motifs is 1. The maximum Gasteiger partial charge on any atom is 0.322 e. The summed E-state index contributed by atoms with van der Waals surface area (Å²) in [6.45, 7) is 2.43. The van der Waals surface area contributed by atoms with Gasteiger partial charge in [0.2, 0.25) is 0 Å².